The summed E-state index contributed by atoms with van der Waals surface area (Å²) in [7, 11) is 0. The molecule has 1 aliphatic carbocycles. The van der Waals surface area contributed by atoms with Crippen molar-refractivity contribution < 1.29 is 0 Å². The first-order valence-electron chi connectivity index (χ1n) is 11.3. The minimum absolute atomic E-state index is 0.00643. The van der Waals surface area contributed by atoms with Crippen LogP contribution in [0.3, 0.4) is 0 Å². The number of rotatable bonds is 1. The third-order valence-electron chi connectivity index (χ3n) is 7.43. The molecule has 6 aromatic rings. The number of benzene rings is 5. The fraction of sp³-hybridized carbons (Fsp3) is 0.0968. The molecule has 7 rings (SSSR count). The van der Waals surface area contributed by atoms with Crippen LogP contribution in [-0.2, 0) is 5.41 Å². The molecule has 0 saturated carbocycles. The topological polar surface area (TPSA) is 15.8 Å². The highest BCUT2D eigenvalue weighted by Crippen LogP contribution is 2.52. The number of nitrogens with one attached hydrogen (secondary N) is 1. The molecule has 1 heteroatoms. The van der Waals surface area contributed by atoms with Crippen molar-refractivity contribution in [2.24, 2.45) is 0 Å². The Morgan fingerprint density at radius 2 is 1.16 bits per heavy atom. The molecular weight excluding hydrogens is 386 g/mol. The van der Waals surface area contributed by atoms with Gasteiger partial charge >= 0.3 is 0 Å². The van der Waals surface area contributed by atoms with Crippen LogP contribution in [0.1, 0.15) is 25.0 Å². The van der Waals surface area contributed by atoms with Crippen molar-refractivity contribution in [2.45, 2.75) is 19.3 Å². The molecule has 0 atom stereocenters. The quantitative estimate of drug-likeness (QED) is 0.280. The summed E-state index contributed by atoms with van der Waals surface area (Å²) in [5.41, 5.74) is 10.6. The van der Waals surface area contributed by atoms with Crippen LogP contribution in [0.25, 0.3) is 54.8 Å². The Labute approximate surface area is 187 Å². The molecule has 1 aliphatic rings. The highest BCUT2D eigenvalue weighted by atomic mass is 14.7. The fourth-order valence-electron chi connectivity index (χ4n) is 5.87. The monoisotopic (exact) mass is 409 g/mol. The zero-order valence-corrected chi connectivity index (χ0v) is 18.2. The molecule has 0 spiro atoms. The molecular formula is C31H23N. The van der Waals surface area contributed by atoms with Crippen molar-refractivity contribution in [2.75, 3.05) is 0 Å². The summed E-state index contributed by atoms with van der Waals surface area (Å²) >= 11 is 0. The summed E-state index contributed by atoms with van der Waals surface area (Å²) in [4.78, 5) is 3.82. The third-order valence-corrected chi connectivity index (χ3v) is 7.43. The van der Waals surface area contributed by atoms with E-state index in [2.05, 4.69) is 116 Å². The second-order valence-electron chi connectivity index (χ2n) is 9.46. The van der Waals surface area contributed by atoms with Gasteiger partial charge in [-0.25, -0.2) is 0 Å². The van der Waals surface area contributed by atoms with Gasteiger partial charge in [-0.3, -0.25) is 0 Å². The number of fused-ring (bicyclic) bond motifs is 8. The van der Waals surface area contributed by atoms with Crippen molar-refractivity contribution in [3.8, 4) is 22.3 Å². The molecule has 1 nitrogen and oxygen atoms in total. The Balaban J connectivity index is 1.59. The van der Waals surface area contributed by atoms with Crippen LogP contribution in [0, 0.1) is 0 Å². The summed E-state index contributed by atoms with van der Waals surface area (Å²) in [6.45, 7) is 4.69. The van der Waals surface area contributed by atoms with E-state index in [-0.39, 0.29) is 5.41 Å². The van der Waals surface area contributed by atoms with Crippen molar-refractivity contribution >= 4 is 32.6 Å². The number of aromatic amines is 1. The summed E-state index contributed by atoms with van der Waals surface area (Å²) in [6.07, 6.45) is 0. The normalized spacial score (nSPS) is 14.2. The van der Waals surface area contributed by atoms with Crippen molar-refractivity contribution in [1.29, 1.82) is 0 Å². The summed E-state index contributed by atoms with van der Waals surface area (Å²) in [5, 5.41) is 5.11. The molecule has 0 fully saturated rings. The van der Waals surface area contributed by atoms with E-state index in [0.29, 0.717) is 0 Å². The number of H-pyrrole nitrogens is 1. The predicted molar refractivity (Wildman–Crippen MR) is 136 cm³/mol. The summed E-state index contributed by atoms with van der Waals surface area (Å²) in [5.74, 6) is 0. The Bertz CT molecular complexity index is 1700. The number of aromatic nitrogens is 1. The number of para-hydroxylation sites is 1. The summed E-state index contributed by atoms with van der Waals surface area (Å²) in [6, 6.07) is 35.5. The lowest BCUT2D eigenvalue weighted by Crippen LogP contribution is -2.14. The van der Waals surface area contributed by atoms with Crippen molar-refractivity contribution in [3.63, 3.8) is 0 Å². The molecule has 32 heavy (non-hydrogen) atoms. The van der Waals surface area contributed by atoms with Gasteiger partial charge in [-0.05, 0) is 33.2 Å². The predicted octanol–water partition coefficient (Wildman–Crippen LogP) is 8.45. The van der Waals surface area contributed by atoms with Crippen LogP contribution in [0.2, 0.25) is 0 Å². The van der Waals surface area contributed by atoms with Gasteiger partial charge < -0.3 is 4.98 Å². The Morgan fingerprint density at radius 3 is 2.09 bits per heavy atom. The van der Waals surface area contributed by atoms with Crippen LogP contribution in [-0.4, -0.2) is 4.98 Å². The summed E-state index contributed by atoms with van der Waals surface area (Å²) < 4.78 is 0. The van der Waals surface area contributed by atoms with Gasteiger partial charge in [0.25, 0.3) is 0 Å². The second-order valence-corrected chi connectivity index (χ2v) is 9.46. The maximum Gasteiger partial charge on any atom is 0.0544 e. The smallest absolute Gasteiger partial charge is 0.0544 e. The average molecular weight is 410 g/mol. The Hall–Kier alpha value is -3.84. The van der Waals surface area contributed by atoms with Gasteiger partial charge in [0, 0.05) is 27.1 Å². The first kappa shape index (κ1) is 17.8. The lowest BCUT2D eigenvalue weighted by molar-refractivity contribution is 0.660. The van der Waals surface area contributed by atoms with Crippen LogP contribution >= 0.6 is 0 Å². The van der Waals surface area contributed by atoms with Crippen LogP contribution in [0.4, 0.5) is 0 Å². The maximum atomic E-state index is 3.82. The van der Waals surface area contributed by atoms with Gasteiger partial charge in [0.15, 0.2) is 0 Å². The zero-order valence-electron chi connectivity index (χ0n) is 18.2. The van der Waals surface area contributed by atoms with E-state index in [0.717, 1.165) is 0 Å². The average Bonchev–Trinajstić information content (AvgIpc) is 3.33. The van der Waals surface area contributed by atoms with Gasteiger partial charge in [-0.15, -0.1) is 0 Å². The maximum absolute atomic E-state index is 3.82. The molecule has 0 saturated heterocycles. The molecule has 5 aromatic carbocycles. The van der Waals surface area contributed by atoms with Crippen molar-refractivity contribution in [1.82, 2.24) is 4.98 Å². The molecule has 0 amide bonds. The minimum atomic E-state index is 0.00643. The van der Waals surface area contributed by atoms with E-state index in [4.69, 9.17) is 0 Å². The fourth-order valence-corrected chi connectivity index (χ4v) is 5.87. The minimum Gasteiger partial charge on any atom is -0.353 e. The molecule has 1 N–H and O–H groups in total. The highest BCUT2D eigenvalue weighted by Gasteiger charge is 2.36. The van der Waals surface area contributed by atoms with Crippen LogP contribution < -0.4 is 0 Å². The Morgan fingerprint density at radius 1 is 0.500 bits per heavy atom. The molecule has 0 radical (unpaired) electrons. The first-order chi connectivity index (χ1) is 15.6. The third kappa shape index (κ3) is 2.18. The molecule has 152 valence electrons. The van der Waals surface area contributed by atoms with Crippen LogP contribution in [0.15, 0.2) is 97.1 Å². The molecule has 0 aliphatic heterocycles. The van der Waals surface area contributed by atoms with E-state index in [9.17, 15) is 0 Å². The van der Waals surface area contributed by atoms with E-state index < -0.39 is 0 Å². The van der Waals surface area contributed by atoms with Gasteiger partial charge in [-0.2, -0.15) is 0 Å². The lowest BCUT2D eigenvalue weighted by Gasteiger charge is -2.21. The highest BCUT2D eigenvalue weighted by molar-refractivity contribution is 6.19. The van der Waals surface area contributed by atoms with E-state index in [1.807, 2.05) is 0 Å². The van der Waals surface area contributed by atoms with Gasteiger partial charge in [0.1, 0.15) is 0 Å². The SMILES string of the molecule is CC1(C)c2ccccc2-c2c(-c3cccc4c3[nH]c3c5ccccc5ccc43)cccc21. The van der Waals surface area contributed by atoms with E-state index in [1.165, 1.54) is 66.0 Å². The molecule has 1 heterocycles. The molecule has 1 aromatic heterocycles. The lowest BCUT2D eigenvalue weighted by atomic mass is 9.82. The first-order valence-corrected chi connectivity index (χ1v) is 11.3. The van der Waals surface area contributed by atoms with E-state index >= 15 is 0 Å². The zero-order chi connectivity index (χ0) is 21.4. The Kier molecular flexibility index (Phi) is 3.40. The van der Waals surface area contributed by atoms with Gasteiger partial charge in [0.2, 0.25) is 0 Å². The van der Waals surface area contributed by atoms with Crippen molar-refractivity contribution in [3.05, 3.63) is 108 Å². The van der Waals surface area contributed by atoms with Crippen LogP contribution in [0.5, 0.6) is 0 Å². The van der Waals surface area contributed by atoms with Gasteiger partial charge in [0.05, 0.1) is 11.0 Å². The molecule has 0 bridgehead atoms. The second kappa shape index (κ2) is 6.11. The van der Waals surface area contributed by atoms with Gasteiger partial charge in [-0.1, -0.05) is 111 Å². The van der Waals surface area contributed by atoms with E-state index in [1.54, 1.807) is 0 Å². The molecule has 0 unspecified atom stereocenters. The number of hydrogen-bond acceptors (Lipinski definition) is 0. The standard InChI is InChI=1S/C31H23N/c1-31(2)26-15-6-5-11-25(26)28-21(12-8-16-27(28)31)22-13-7-14-23-24-18-17-19-9-3-4-10-20(19)29(24)32-30(22)23/h3-18,32H,1-2H3. The largest absolute Gasteiger partial charge is 0.353 e. The number of hydrogen-bond donors (Lipinski definition) is 1.